The number of fused-ring (bicyclic) bond motifs is 1. The predicted molar refractivity (Wildman–Crippen MR) is 120 cm³/mol. The number of benzene rings is 2. The summed E-state index contributed by atoms with van der Waals surface area (Å²) in [5, 5.41) is 11.2. The molecule has 0 aliphatic heterocycles. The fourth-order valence-corrected chi connectivity index (χ4v) is 3.34. The van der Waals surface area contributed by atoms with Crippen molar-refractivity contribution in [1.29, 1.82) is 0 Å². The fraction of sp³-hybridized carbons (Fsp3) is 0.136. The minimum atomic E-state index is -0.0460. The third kappa shape index (κ3) is 4.31. The van der Waals surface area contributed by atoms with Crippen LogP contribution in [0, 0.1) is 0 Å². The molecule has 0 atom stereocenters. The Balaban J connectivity index is 1.59. The van der Waals surface area contributed by atoms with Gasteiger partial charge in [-0.2, -0.15) is 9.61 Å². The third-order valence-corrected chi connectivity index (χ3v) is 5.02. The first-order valence-electron chi connectivity index (χ1n) is 9.46. The number of carbonyl (C=O) groups excluding carboxylic acids is 1. The van der Waals surface area contributed by atoms with E-state index in [1.54, 1.807) is 10.7 Å². The summed E-state index contributed by atoms with van der Waals surface area (Å²) in [4.78, 5) is 15.7. The number of nitrogens with zero attached hydrogens (tertiary/aromatic N) is 3. The van der Waals surface area contributed by atoms with Crippen LogP contribution >= 0.6 is 11.6 Å². The lowest BCUT2D eigenvalue weighted by Crippen LogP contribution is -2.18. The van der Waals surface area contributed by atoms with E-state index in [0.29, 0.717) is 34.9 Å². The van der Waals surface area contributed by atoms with Crippen LogP contribution in [0.5, 0.6) is 0 Å². The molecule has 0 fully saturated rings. The van der Waals surface area contributed by atoms with Crippen LogP contribution in [-0.4, -0.2) is 28.4 Å². The molecule has 0 saturated heterocycles. The maximum atomic E-state index is 11.1. The number of rotatable bonds is 6. The van der Waals surface area contributed by atoms with E-state index >= 15 is 0 Å². The zero-order chi connectivity index (χ0) is 21.1. The lowest BCUT2D eigenvalue weighted by Gasteiger charge is -2.12. The Labute approximate surface area is 180 Å². The highest BCUT2D eigenvalue weighted by atomic mass is 35.5. The summed E-state index contributed by atoms with van der Waals surface area (Å²) in [6.45, 7) is 2.61. The van der Waals surface area contributed by atoms with Gasteiger partial charge < -0.3 is 10.6 Å². The summed E-state index contributed by atoms with van der Waals surface area (Å²) >= 11 is 6.37. The molecule has 1 amide bonds. The largest absolute Gasteiger partial charge is 0.366 e. The van der Waals surface area contributed by atoms with Crippen molar-refractivity contribution in [1.82, 2.24) is 19.9 Å². The van der Waals surface area contributed by atoms with Crippen molar-refractivity contribution < 1.29 is 4.79 Å². The van der Waals surface area contributed by atoms with E-state index in [1.807, 2.05) is 54.6 Å². The van der Waals surface area contributed by atoms with Crippen molar-refractivity contribution >= 4 is 42.3 Å². The van der Waals surface area contributed by atoms with E-state index in [1.165, 1.54) is 6.92 Å². The van der Waals surface area contributed by atoms with Crippen LogP contribution < -0.4 is 16.1 Å². The monoisotopic (exact) mass is 415 g/mol. The lowest BCUT2D eigenvalue weighted by atomic mass is 10.0. The molecular weight excluding hydrogens is 397 g/mol. The smallest absolute Gasteiger partial charge is 0.217 e. The Hall–Kier alpha value is -3.32. The molecule has 2 aromatic heterocycles. The van der Waals surface area contributed by atoms with Crippen LogP contribution in [0.1, 0.15) is 18.1 Å². The summed E-state index contributed by atoms with van der Waals surface area (Å²) in [6, 6.07) is 17.5. The molecule has 0 saturated carbocycles. The maximum absolute atomic E-state index is 11.1. The standard InChI is InChI=1S/C22H19BClN5O/c1-14(30)25-11-15-6-8-16(9-7-15)12-26-21-10-20(17-4-2-3-5-19(17)24)28-22-18(23)13-27-29(21)22/h2-10,13,26H,11-12H2,1H3,(H,25,30). The van der Waals surface area contributed by atoms with Gasteiger partial charge in [-0.25, -0.2) is 4.98 Å². The van der Waals surface area contributed by atoms with Crippen molar-refractivity contribution in [3.63, 3.8) is 0 Å². The summed E-state index contributed by atoms with van der Waals surface area (Å²) in [7, 11) is 6.07. The van der Waals surface area contributed by atoms with Crippen LogP contribution in [-0.2, 0) is 17.9 Å². The molecule has 6 nitrogen and oxygen atoms in total. The van der Waals surface area contributed by atoms with Crippen LogP contribution in [0.4, 0.5) is 5.82 Å². The average Bonchev–Trinajstić information content (AvgIpc) is 3.12. The lowest BCUT2D eigenvalue weighted by molar-refractivity contribution is -0.119. The number of anilines is 1. The number of amides is 1. The Morgan fingerprint density at radius 1 is 1.10 bits per heavy atom. The fourth-order valence-electron chi connectivity index (χ4n) is 3.11. The van der Waals surface area contributed by atoms with E-state index < -0.39 is 0 Å². The Morgan fingerprint density at radius 3 is 2.50 bits per heavy atom. The molecule has 8 heteroatoms. The van der Waals surface area contributed by atoms with Gasteiger partial charge in [0.05, 0.1) is 5.69 Å². The van der Waals surface area contributed by atoms with Crippen molar-refractivity contribution in [3.8, 4) is 11.3 Å². The molecule has 30 heavy (non-hydrogen) atoms. The normalized spacial score (nSPS) is 10.9. The Bertz CT molecular complexity index is 1210. The third-order valence-electron chi connectivity index (χ3n) is 4.69. The van der Waals surface area contributed by atoms with E-state index in [4.69, 9.17) is 19.4 Å². The van der Waals surface area contributed by atoms with Crippen molar-refractivity contribution in [3.05, 3.63) is 76.9 Å². The van der Waals surface area contributed by atoms with Gasteiger partial charge in [-0.1, -0.05) is 54.1 Å². The molecule has 2 heterocycles. The zero-order valence-corrected chi connectivity index (χ0v) is 17.1. The topological polar surface area (TPSA) is 71.3 Å². The SMILES string of the molecule is [B]c1cnn2c(NCc3ccc(CNC(C)=O)cc3)cc(-c3ccccc3Cl)nc12. The highest BCUT2D eigenvalue weighted by Gasteiger charge is 2.12. The highest BCUT2D eigenvalue weighted by Crippen LogP contribution is 2.28. The maximum Gasteiger partial charge on any atom is 0.217 e. The number of hydrogen-bond donors (Lipinski definition) is 2. The average molecular weight is 416 g/mol. The van der Waals surface area contributed by atoms with E-state index in [2.05, 4.69) is 20.7 Å². The molecule has 2 radical (unpaired) electrons. The predicted octanol–water partition coefficient (Wildman–Crippen LogP) is 3.09. The molecule has 2 N–H and O–H groups in total. The first-order valence-corrected chi connectivity index (χ1v) is 9.84. The van der Waals surface area contributed by atoms with Crippen LogP contribution in [0.3, 0.4) is 0 Å². The molecule has 2 aromatic carbocycles. The van der Waals surface area contributed by atoms with E-state index in [-0.39, 0.29) is 5.91 Å². The van der Waals surface area contributed by atoms with Crippen LogP contribution in [0.15, 0.2) is 60.8 Å². The van der Waals surface area contributed by atoms with Gasteiger partial charge in [0.15, 0.2) is 5.65 Å². The van der Waals surface area contributed by atoms with Gasteiger partial charge >= 0.3 is 0 Å². The second kappa shape index (κ2) is 8.59. The minimum Gasteiger partial charge on any atom is -0.366 e. The van der Waals surface area contributed by atoms with Crippen LogP contribution in [0.2, 0.25) is 5.02 Å². The molecule has 0 bridgehead atoms. The first-order chi connectivity index (χ1) is 14.5. The van der Waals surface area contributed by atoms with Gasteiger partial charge in [-0.05, 0) is 22.7 Å². The molecule has 0 aliphatic carbocycles. The molecule has 0 unspecified atom stereocenters. The first kappa shape index (κ1) is 20.0. The molecule has 0 aliphatic rings. The van der Waals surface area contributed by atoms with Crippen LogP contribution in [0.25, 0.3) is 16.9 Å². The summed E-state index contributed by atoms with van der Waals surface area (Å²) in [5.41, 5.74) is 4.74. The quantitative estimate of drug-likeness (QED) is 0.475. The van der Waals surface area contributed by atoms with Gasteiger partial charge in [0, 0.05) is 42.9 Å². The van der Waals surface area contributed by atoms with Crippen molar-refractivity contribution in [2.75, 3.05) is 5.32 Å². The molecule has 4 rings (SSSR count). The minimum absolute atomic E-state index is 0.0460. The number of hydrogen-bond acceptors (Lipinski definition) is 4. The Kier molecular flexibility index (Phi) is 5.72. The highest BCUT2D eigenvalue weighted by molar-refractivity contribution is 6.36. The summed E-state index contributed by atoms with van der Waals surface area (Å²) in [6.07, 6.45) is 1.58. The van der Waals surface area contributed by atoms with E-state index in [0.717, 1.165) is 22.5 Å². The second-order valence-electron chi connectivity index (χ2n) is 6.92. The number of halogens is 1. The van der Waals surface area contributed by atoms with Crippen molar-refractivity contribution in [2.45, 2.75) is 20.0 Å². The van der Waals surface area contributed by atoms with Gasteiger partial charge in [0.1, 0.15) is 13.7 Å². The molecule has 148 valence electrons. The summed E-state index contributed by atoms with van der Waals surface area (Å²) < 4.78 is 1.68. The number of aromatic nitrogens is 3. The van der Waals surface area contributed by atoms with E-state index in [9.17, 15) is 4.79 Å². The summed E-state index contributed by atoms with van der Waals surface area (Å²) in [5.74, 6) is 0.712. The number of nitrogens with one attached hydrogen (secondary N) is 2. The molecular formula is C22H19BClN5O. The van der Waals surface area contributed by atoms with Gasteiger partial charge in [-0.15, -0.1) is 0 Å². The molecule has 0 spiro atoms. The van der Waals surface area contributed by atoms with Gasteiger partial charge in [0.25, 0.3) is 0 Å². The van der Waals surface area contributed by atoms with Crippen molar-refractivity contribution in [2.24, 2.45) is 0 Å². The Morgan fingerprint density at radius 2 is 1.80 bits per heavy atom. The van der Waals surface area contributed by atoms with Gasteiger partial charge in [-0.3, -0.25) is 4.79 Å². The van der Waals surface area contributed by atoms with Gasteiger partial charge in [0.2, 0.25) is 5.91 Å². The molecule has 4 aromatic rings. The number of carbonyl (C=O) groups is 1. The second-order valence-corrected chi connectivity index (χ2v) is 7.33. The zero-order valence-electron chi connectivity index (χ0n) is 16.4.